The Morgan fingerprint density at radius 3 is 2.82 bits per heavy atom. The van der Waals surface area contributed by atoms with E-state index in [1.54, 1.807) is 6.07 Å². The molecular formula is C10H10ClFN4O. The highest BCUT2D eigenvalue weighted by Gasteiger charge is 2.14. The summed E-state index contributed by atoms with van der Waals surface area (Å²) in [7, 11) is 0. The van der Waals surface area contributed by atoms with Gasteiger partial charge in [0.25, 0.3) is 0 Å². The van der Waals surface area contributed by atoms with Crippen LogP contribution in [0.5, 0.6) is 0 Å². The van der Waals surface area contributed by atoms with Gasteiger partial charge in [-0.15, -0.1) is 0 Å². The molecule has 0 atom stereocenters. The normalized spacial score (nSPS) is 10.5. The number of nitrogens with two attached hydrogens (primary N) is 2. The zero-order chi connectivity index (χ0) is 12.4. The first-order chi connectivity index (χ1) is 8.09. The van der Waals surface area contributed by atoms with Crippen LogP contribution < -0.4 is 16.8 Å². The molecule has 7 heteroatoms. The van der Waals surface area contributed by atoms with Gasteiger partial charge in [-0.25, -0.2) is 4.39 Å². The highest BCUT2D eigenvalue weighted by atomic mass is 35.5. The number of benzene rings is 1. The minimum Gasteiger partial charge on any atom is -0.397 e. The molecule has 0 unspecified atom stereocenters. The fraction of sp³-hybridized carbons (Fsp3) is 0.100. The summed E-state index contributed by atoms with van der Waals surface area (Å²) in [6, 6.07) is 3.05. The Bertz CT molecular complexity index is 530. The second kappa shape index (κ2) is 4.50. The van der Waals surface area contributed by atoms with Gasteiger partial charge in [0.15, 0.2) is 5.82 Å². The summed E-state index contributed by atoms with van der Waals surface area (Å²) in [5, 5.41) is 6.31. The lowest BCUT2D eigenvalue weighted by molar-refractivity contribution is 0.412. The maximum Gasteiger partial charge on any atom is 0.169 e. The fourth-order valence-electron chi connectivity index (χ4n) is 1.35. The molecule has 0 fully saturated rings. The van der Waals surface area contributed by atoms with E-state index in [9.17, 15) is 4.39 Å². The number of hydrogen-bond acceptors (Lipinski definition) is 5. The molecule has 0 saturated carbocycles. The molecule has 1 aromatic heterocycles. The number of anilines is 3. The molecule has 5 nitrogen and oxygen atoms in total. The fourth-order valence-corrected chi connectivity index (χ4v) is 1.50. The number of nitrogens with zero attached hydrogens (tertiary/aromatic N) is 1. The van der Waals surface area contributed by atoms with Crippen LogP contribution in [0.2, 0.25) is 5.02 Å². The molecule has 0 radical (unpaired) electrons. The van der Waals surface area contributed by atoms with E-state index >= 15 is 0 Å². The Kier molecular flexibility index (Phi) is 3.06. The molecule has 0 aliphatic rings. The highest BCUT2D eigenvalue weighted by Crippen LogP contribution is 2.33. The molecule has 5 N–H and O–H groups in total. The van der Waals surface area contributed by atoms with Crippen LogP contribution in [0.25, 0.3) is 0 Å². The van der Waals surface area contributed by atoms with Crippen LogP contribution in [0.15, 0.2) is 22.9 Å². The molecule has 0 bridgehead atoms. The van der Waals surface area contributed by atoms with E-state index < -0.39 is 5.82 Å². The van der Waals surface area contributed by atoms with Crippen molar-refractivity contribution in [2.45, 2.75) is 6.54 Å². The van der Waals surface area contributed by atoms with Gasteiger partial charge in [0, 0.05) is 6.07 Å². The molecule has 0 aliphatic carbocycles. The van der Waals surface area contributed by atoms with Gasteiger partial charge in [-0.3, -0.25) is 0 Å². The first kappa shape index (κ1) is 11.5. The Labute approximate surface area is 102 Å². The van der Waals surface area contributed by atoms with Gasteiger partial charge in [0.1, 0.15) is 17.0 Å². The quantitative estimate of drug-likeness (QED) is 0.733. The summed E-state index contributed by atoms with van der Waals surface area (Å²) in [6.07, 6.45) is 1.42. The van der Waals surface area contributed by atoms with Crippen molar-refractivity contribution in [1.82, 2.24) is 5.16 Å². The van der Waals surface area contributed by atoms with Crippen LogP contribution in [0.3, 0.4) is 0 Å². The first-order valence-electron chi connectivity index (χ1n) is 4.75. The molecule has 1 heterocycles. The molecule has 0 amide bonds. The maximum atomic E-state index is 13.8. The van der Waals surface area contributed by atoms with Crippen molar-refractivity contribution in [1.29, 1.82) is 0 Å². The zero-order valence-electron chi connectivity index (χ0n) is 8.71. The van der Waals surface area contributed by atoms with E-state index in [-0.39, 0.29) is 28.6 Å². The van der Waals surface area contributed by atoms with Crippen molar-refractivity contribution in [3.05, 3.63) is 34.9 Å². The lowest BCUT2D eigenvalue weighted by Crippen LogP contribution is -2.06. The van der Waals surface area contributed by atoms with Gasteiger partial charge >= 0.3 is 0 Å². The van der Waals surface area contributed by atoms with Gasteiger partial charge in [0.05, 0.1) is 23.6 Å². The number of nitrogen functional groups attached to an aromatic ring is 2. The molecule has 90 valence electrons. The lowest BCUT2D eigenvalue weighted by Gasteiger charge is -2.11. The van der Waals surface area contributed by atoms with Crippen LogP contribution >= 0.6 is 11.6 Å². The molecule has 1 aromatic carbocycles. The number of nitrogens with one attached hydrogen (secondary N) is 1. The standard InChI is InChI=1S/C10H10ClFN4O/c11-8-6(13)3-7(14)10(9(8)12)15-4-5-1-2-17-16-5/h1-3,15H,4,13-14H2. The molecule has 2 rings (SSSR count). The van der Waals surface area contributed by atoms with Crippen molar-refractivity contribution in [3.8, 4) is 0 Å². The van der Waals surface area contributed by atoms with E-state index in [1.165, 1.54) is 12.3 Å². The van der Waals surface area contributed by atoms with Crippen LogP contribution in [-0.4, -0.2) is 5.16 Å². The topological polar surface area (TPSA) is 90.1 Å². The monoisotopic (exact) mass is 256 g/mol. The number of halogens is 2. The average molecular weight is 257 g/mol. The summed E-state index contributed by atoms with van der Waals surface area (Å²) in [5.41, 5.74) is 12.1. The average Bonchev–Trinajstić information content (AvgIpc) is 2.79. The van der Waals surface area contributed by atoms with E-state index in [0.29, 0.717) is 5.69 Å². The van der Waals surface area contributed by atoms with Gasteiger partial charge in [0.2, 0.25) is 0 Å². The summed E-state index contributed by atoms with van der Waals surface area (Å²) in [5.74, 6) is -0.673. The molecule has 2 aromatic rings. The predicted molar refractivity (Wildman–Crippen MR) is 64.1 cm³/mol. The largest absolute Gasteiger partial charge is 0.397 e. The van der Waals surface area contributed by atoms with Crippen molar-refractivity contribution in [2.75, 3.05) is 16.8 Å². The third kappa shape index (κ3) is 2.26. The molecule has 0 spiro atoms. The SMILES string of the molecule is Nc1cc(N)c(NCc2ccon2)c(F)c1Cl. The molecular weight excluding hydrogens is 247 g/mol. The van der Waals surface area contributed by atoms with Crippen LogP contribution in [0.4, 0.5) is 21.5 Å². The van der Waals surface area contributed by atoms with Crippen molar-refractivity contribution in [3.63, 3.8) is 0 Å². The predicted octanol–water partition coefficient (Wildman–Crippen LogP) is 2.24. The smallest absolute Gasteiger partial charge is 0.169 e. The second-order valence-corrected chi connectivity index (χ2v) is 3.78. The number of hydrogen-bond donors (Lipinski definition) is 3. The van der Waals surface area contributed by atoms with E-state index in [0.717, 1.165) is 0 Å². The Morgan fingerprint density at radius 1 is 1.41 bits per heavy atom. The van der Waals surface area contributed by atoms with E-state index in [2.05, 4.69) is 15.0 Å². The summed E-state index contributed by atoms with van der Waals surface area (Å²) in [4.78, 5) is 0. The number of aromatic nitrogens is 1. The van der Waals surface area contributed by atoms with Gasteiger partial charge in [-0.05, 0) is 6.07 Å². The third-order valence-corrected chi connectivity index (χ3v) is 2.59. The Hall–Kier alpha value is -1.95. The van der Waals surface area contributed by atoms with Crippen molar-refractivity contribution in [2.24, 2.45) is 0 Å². The van der Waals surface area contributed by atoms with Crippen molar-refractivity contribution < 1.29 is 8.91 Å². The second-order valence-electron chi connectivity index (χ2n) is 3.40. The minimum absolute atomic E-state index is 0.104. The van der Waals surface area contributed by atoms with Crippen LogP contribution in [0.1, 0.15) is 5.69 Å². The Morgan fingerprint density at radius 2 is 2.18 bits per heavy atom. The molecule has 0 aliphatic heterocycles. The molecule has 17 heavy (non-hydrogen) atoms. The van der Waals surface area contributed by atoms with Gasteiger partial charge in [-0.1, -0.05) is 16.8 Å². The maximum absolute atomic E-state index is 13.8. The van der Waals surface area contributed by atoms with Gasteiger partial charge in [-0.2, -0.15) is 0 Å². The summed E-state index contributed by atoms with van der Waals surface area (Å²) >= 11 is 5.69. The summed E-state index contributed by atoms with van der Waals surface area (Å²) in [6.45, 7) is 0.276. The van der Waals surface area contributed by atoms with Crippen LogP contribution in [-0.2, 0) is 6.54 Å². The highest BCUT2D eigenvalue weighted by molar-refractivity contribution is 6.33. The lowest BCUT2D eigenvalue weighted by atomic mass is 10.2. The molecule has 0 saturated heterocycles. The zero-order valence-corrected chi connectivity index (χ0v) is 9.46. The van der Waals surface area contributed by atoms with Crippen molar-refractivity contribution >= 4 is 28.7 Å². The van der Waals surface area contributed by atoms with E-state index in [4.69, 9.17) is 23.1 Å². The first-order valence-corrected chi connectivity index (χ1v) is 5.13. The summed E-state index contributed by atoms with van der Waals surface area (Å²) < 4.78 is 18.4. The van der Waals surface area contributed by atoms with Crippen LogP contribution in [0, 0.1) is 5.82 Å². The van der Waals surface area contributed by atoms with Gasteiger partial charge < -0.3 is 21.3 Å². The minimum atomic E-state index is -0.673. The van der Waals surface area contributed by atoms with E-state index in [1.807, 2.05) is 0 Å². The third-order valence-electron chi connectivity index (χ3n) is 2.20. The Balaban J connectivity index is 2.24. The number of rotatable bonds is 3.